The van der Waals surface area contributed by atoms with Gasteiger partial charge in [0.15, 0.2) is 11.6 Å². The van der Waals surface area contributed by atoms with Gasteiger partial charge in [-0.2, -0.15) is 0 Å². The van der Waals surface area contributed by atoms with Gasteiger partial charge in [-0.05, 0) is 24.3 Å². The molecular formula is C23H17N5. The Labute approximate surface area is 161 Å². The van der Waals surface area contributed by atoms with Crippen molar-refractivity contribution in [3.8, 4) is 0 Å². The van der Waals surface area contributed by atoms with E-state index in [4.69, 9.17) is 0 Å². The molecular weight excluding hydrogens is 346 g/mol. The summed E-state index contributed by atoms with van der Waals surface area (Å²) in [5.74, 6) is 1.25. The first-order valence-corrected chi connectivity index (χ1v) is 9.04. The maximum Gasteiger partial charge on any atom is 0.154 e. The van der Waals surface area contributed by atoms with E-state index < -0.39 is 0 Å². The van der Waals surface area contributed by atoms with Crippen molar-refractivity contribution in [1.82, 2.24) is 15.0 Å². The second-order valence-electron chi connectivity index (χ2n) is 6.45. The average molecular weight is 363 g/mol. The molecule has 28 heavy (non-hydrogen) atoms. The first kappa shape index (κ1) is 16.2. The van der Waals surface area contributed by atoms with Crippen LogP contribution >= 0.6 is 0 Å². The van der Waals surface area contributed by atoms with Crippen LogP contribution in [0.15, 0.2) is 89.1 Å². The maximum absolute atomic E-state index is 4.52. The van der Waals surface area contributed by atoms with Gasteiger partial charge in [-0.25, -0.2) is 15.0 Å². The van der Waals surface area contributed by atoms with Crippen LogP contribution in [0, 0.1) is 0 Å². The van der Waals surface area contributed by atoms with Gasteiger partial charge in [-0.3, -0.25) is 0 Å². The predicted molar refractivity (Wildman–Crippen MR) is 115 cm³/mol. The molecule has 2 N–H and O–H groups in total. The Morgan fingerprint density at radius 3 is 1.64 bits per heavy atom. The number of benzene rings is 2. The van der Waals surface area contributed by atoms with Crippen LogP contribution in [0.4, 0.5) is 11.6 Å². The summed E-state index contributed by atoms with van der Waals surface area (Å²) in [5, 5.41) is 2.28. The van der Waals surface area contributed by atoms with E-state index in [1.165, 1.54) is 0 Å². The molecule has 0 aliphatic rings. The fourth-order valence-electron chi connectivity index (χ4n) is 3.23. The molecule has 0 aliphatic carbocycles. The van der Waals surface area contributed by atoms with Crippen molar-refractivity contribution in [2.45, 2.75) is 0 Å². The van der Waals surface area contributed by atoms with Crippen LogP contribution in [0.25, 0.3) is 21.8 Å². The van der Waals surface area contributed by atoms with Crippen molar-refractivity contribution in [2.75, 3.05) is 0 Å². The molecule has 0 saturated carbocycles. The second kappa shape index (κ2) is 6.96. The van der Waals surface area contributed by atoms with E-state index in [-0.39, 0.29) is 0 Å². The molecule has 5 aromatic rings. The summed E-state index contributed by atoms with van der Waals surface area (Å²) >= 11 is 0. The summed E-state index contributed by atoms with van der Waals surface area (Å²) in [6.45, 7) is 0. The van der Waals surface area contributed by atoms with Crippen molar-refractivity contribution < 1.29 is 0 Å². The zero-order valence-corrected chi connectivity index (χ0v) is 15.0. The van der Waals surface area contributed by atoms with Crippen LogP contribution in [-0.4, -0.2) is 27.4 Å². The number of aromatic amines is 2. The number of nitrogens with one attached hydrogen (secondary N) is 2. The SMILES string of the molecule is C(=Nc1cccc(N=Cc2c[nH]c3ccccc23)n1)c1c[nH]c2ccccc12. The number of aliphatic imine (C=N–C) groups is 2. The van der Waals surface area contributed by atoms with Gasteiger partial charge in [0.05, 0.1) is 0 Å². The minimum atomic E-state index is 0.624. The Kier molecular flexibility index (Phi) is 4.03. The van der Waals surface area contributed by atoms with Crippen molar-refractivity contribution in [3.63, 3.8) is 0 Å². The number of aromatic nitrogens is 3. The maximum atomic E-state index is 4.52. The van der Waals surface area contributed by atoms with Crippen LogP contribution in [0.3, 0.4) is 0 Å². The lowest BCUT2D eigenvalue weighted by molar-refractivity contribution is 1.25. The minimum Gasteiger partial charge on any atom is -0.361 e. The minimum absolute atomic E-state index is 0.624. The van der Waals surface area contributed by atoms with E-state index in [1.54, 1.807) is 0 Å². The third kappa shape index (κ3) is 3.10. The molecule has 0 fully saturated rings. The van der Waals surface area contributed by atoms with Gasteiger partial charge in [0.25, 0.3) is 0 Å². The molecule has 5 rings (SSSR count). The molecule has 0 radical (unpaired) electrons. The molecule has 0 saturated heterocycles. The second-order valence-corrected chi connectivity index (χ2v) is 6.45. The molecule has 5 nitrogen and oxygen atoms in total. The van der Waals surface area contributed by atoms with Gasteiger partial charge in [0.1, 0.15) is 0 Å². The van der Waals surface area contributed by atoms with Crippen molar-refractivity contribution >= 4 is 45.9 Å². The van der Waals surface area contributed by atoms with Crippen molar-refractivity contribution in [2.24, 2.45) is 9.98 Å². The first-order chi connectivity index (χ1) is 13.9. The molecule has 0 bridgehead atoms. The third-order valence-electron chi connectivity index (χ3n) is 4.63. The topological polar surface area (TPSA) is 69.2 Å². The highest BCUT2D eigenvalue weighted by Crippen LogP contribution is 2.20. The normalized spacial score (nSPS) is 12.0. The van der Waals surface area contributed by atoms with Crippen LogP contribution in [0.5, 0.6) is 0 Å². The molecule has 0 atom stereocenters. The fraction of sp³-hybridized carbons (Fsp3) is 0. The highest BCUT2D eigenvalue weighted by Gasteiger charge is 2.02. The Morgan fingerprint density at radius 2 is 1.11 bits per heavy atom. The lowest BCUT2D eigenvalue weighted by atomic mass is 10.2. The van der Waals surface area contributed by atoms with E-state index in [9.17, 15) is 0 Å². The van der Waals surface area contributed by atoms with Crippen molar-refractivity contribution in [3.05, 3.63) is 90.3 Å². The monoisotopic (exact) mass is 363 g/mol. The first-order valence-electron chi connectivity index (χ1n) is 9.04. The molecule has 3 heterocycles. The van der Waals surface area contributed by atoms with Gasteiger partial charge in [-0.1, -0.05) is 42.5 Å². The van der Waals surface area contributed by atoms with E-state index >= 15 is 0 Å². The lowest BCUT2D eigenvalue weighted by Gasteiger charge is -1.96. The molecule has 0 amide bonds. The van der Waals surface area contributed by atoms with E-state index in [1.807, 2.05) is 79.4 Å². The molecule has 5 heteroatoms. The molecule has 134 valence electrons. The number of fused-ring (bicyclic) bond motifs is 2. The number of hydrogen-bond donors (Lipinski definition) is 2. The third-order valence-corrected chi connectivity index (χ3v) is 4.63. The molecule has 0 aliphatic heterocycles. The quantitative estimate of drug-likeness (QED) is 0.404. The number of rotatable bonds is 4. The summed E-state index contributed by atoms with van der Waals surface area (Å²) < 4.78 is 0. The molecule has 0 unspecified atom stereocenters. The molecule has 0 spiro atoms. The number of H-pyrrole nitrogens is 2. The lowest BCUT2D eigenvalue weighted by Crippen LogP contribution is -1.81. The van der Waals surface area contributed by atoms with Crippen molar-refractivity contribution in [1.29, 1.82) is 0 Å². The summed E-state index contributed by atoms with van der Waals surface area (Å²) in [7, 11) is 0. The smallest absolute Gasteiger partial charge is 0.154 e. The Hall–Kier alpha value is -3.99. The number of para-hydroxylation sites is 2. The zero-order valence-electron chi connectivity index (χ0n) is 15.0. The number of pyridine rings is 1. The van der Waals surface area contributed by atoms with Gasteiger partial charge in [0.2, 0.25) is 0 Å². The zero-order chi connectivity index (χ0) is 18.8. The largest absolute Gasteiger partial charge is 0.361 e. The Morgan fingerprint density at radius 1 is 0.607 bits per heavy atom. The van der Waals surface area contributed by atoms with E-state index in [0.29, 0.717) is 11.6 Å². The molecule has 2 aromatic carbocycles. The Bertz CT molecular complexity index is 1220. The van der Waals surface area contributed by atoms with Crippen LogP contribution in [0.1, 0.15) is 11.1 Å². The predicted octanol–water partition coefficient (Wildman–Crippen LogP) is 5.55. The van der Waals surface area contributed by atoms with Gasteiger partial charge in [0, 0.05) is 57.8 Å². The highest BCUT2D eigenvalue weighted by atomic mass is 15.0. The van der Waals surface area contributed by atoms with E-state index in [0.717, 1.165) is 32.9 Å². The van der Waals surface area contributed by atoms with Gasteiger partial charge in [-0.15, -0.1) is 0 Å². The van der Waals surface area contributed by atoms with Crippen LogP contribution in [-0.2, 0) is 0 Å². The summed E-state index contributed by atoms with van der Waals surface area (Å²) in [6, 6.07) is 22.0. The summed E-state index contributed by atoms with van der Waals surface area (Å²) in [5.41, 5.74) is 4.25. The standard InChI is InChI=1S/C23H17N5/c1-3-8-20-18(6-1)16(12-24-20)14-26-22-10-5-11-23(28-22)27-15-17-13-25-21-9-4-2-7-19(17)21/h1-15,24-25H. The average Bonchev–Trinajstić information content (AvgIpc) is 3.35. The van der Waals surface area contributed by atoms with E-state index in [2.05, 4.69) is 37.1 Å². The van der Waals surface area contributed by atoms with Crippen LogP contribution in [0.2, 0.25) is 0 Å². The molecule has 3 aromatic heterocycles. The van der Waals surface area contributed by atoms with Gasteiger partial charge < -0.3 is 9.97 Å². The van der Waals surface area contributed by atoms with Crippen LogP contribution < -0.4 is 0 Å². The Balaban J connectivity index is 1.40. The number of hydrogen-bond acceptors (Lipinski definition) is 3. The highest BCUT2D eigenvalue weighted by molar-refractivity contribution is 6.00. The number of nitrogens with zero attached hydrogens (tertiary/aromatic N) is 3. The fourth-order valence-corrected chi connectivity index (χ4v) is 3.23. The summed E-state index contributed by atoms with van der Waals surface area (Å²) in [6.07, 6.45) is 7.56. The summed E-state index contributed by atoms with van der Waals surface area (Å²) in [4.78, 5) is 20.0. The van der Waals surface area contributed by atoms with Gasteiger partial charge >= 0.3 is 0 Å².